The van der Waals surface area contributed by atoms with Crippen molar-refractivity contribution in [2.75, 3.05) is 10.0 Å². The van der Waals surface area contributed by atoms with Crippen LogP contribution < -0.4 is 10.0 Å². The van der Waals surface area contributed by atoms with E-state index in [2.05, 4.69) is 25.0 Å². The number of hydrogen-bond acceptors (Lipinski definition) is 9. The number of rotatable bonds is 7. The first-order chi connectivity index (χ1) is 16.2. The van der Waals surface area contributed by atoms with Crippen molar-refractivity contribution in [1.29, 1.82) is 0 Å². The van der Waals surface area contributed by atoms with Crippen molar-refractivity contribution in [3.8, 4) is 0 Å². The third-order valence-electron chi connectivity index (χ3n) is 4.69. The van der Waals surface area contributed by atoms with Crippen molar-refractivity contribution in [1.82, 2.24) is 15.0 Å². The zero-order chi connectivity index (χ0) is 24.3. The fraction of sp³-hybridized carbons (Fsp3) is 0.136. The predicted octanol–water partition coefficient (Wildman–Crippen LogP) is 2.91. The number of aromatic nitrogens is 3. The van der Waals surface area contributed by atoms with Gasteiger partial charge in [-0.25, -0.2) is 32.9 Å². The molecule has 1 amide bonds. The lowest BCUT2D eigenvalue weighted by Crippen LogP contribution is -2.30. The Hall–Kier alpha value is -4.32. The summed E-state index contributed by atoms with van der Waals surface area (Å²) in [6.45, 7) is 3.13. The summed E-state index contributed by atoms with van der Waals surface area (Å²) in [5.74, 6) is -1.37. The highest BCUT2D eigenvalue weighted by Crippen LogP contribution is 2.19. The zero-order valence-corrected chi connectivity index (χ0v) is 18.9. The second-order valence-electron chi connectivity index (χ2n) is 7.19. The Morgan fingerprint density at radius 3 is 2.56 bits per heavy atom. The number of esters is 1. The van der Waals surface area contributed by atoms with Crippen LogP contribution in [-0.2, 0) is 19.6 Å². The standard InChI is InChI=1S/C22H19N5O6S/c1-13-10-11-23-22(25-13)27-34(30,31)16-8-6-15(7-9-16)26-20(28)14(2)33-21(29)17-4-3-5-18-19(17)24-12-32-18/h3-12,14H,1-2H3,(H,26,28)(H,23,25,27). The van der Waals surface area contributed by atoms with Crippen LogP contribution in [-0.4, -0.2) is 41.4 Å². The Morgan fingerprint density at radius 2 is 1.82 bits per heavy atom. The monoisotopic (exact) mass is 481 g/mol. The number of fused-ring (bicyclic) bond motifs is 1. The molecular formula is C22H19N5O6S. The van der Waals surface area contributed by atoms with Crippen molar-refractivity contribution in [2.24, 2.45) is 0 Å². The molecule has 0 fully saturated rings. The number of hydrogen-bond donors (Lipinski definition) is 2. The highest BCUT2D eigenvalue weighted by Gasteiger charge is 2.22. The van der Waals surface area contributed by atoms with Crippen LogP contribution in [0.5, 0.6) is 0 Å². The Labute approximate surface area is 194 Å². The number of carbonyl (C=O) groups is 2. The van der Waals surface area contributed by atoms with Crippen LogP contribution >= 0.6 is 0 Å². The number of aryl methyl sites for hydroxylation is 1. The smallest absolute Gasteiger partial charge is 0.341 e. The molecule has 0 aliphatic heterocycles. The van der Waals surface area contributed by atoms with Gasteiger partial charge in [-0.05, 0) is 56.3 Å². The lowest BCUT2D eigenvalue weighted by Gasteiger charge is -2.14. The summed E-state index contributed by atoms with van der Waals surface area (Å²) in [5.41, 5.74) is 1.85. The van der Waals surface area contributed by atoms with Crippen LogP contribution in [0, 0.1) is 6.92 Å². The molecule has 2 heterocycles. The third kappa shape index (κ3) is 5.02. The first-order valence-electron chi connectivity index (χ1n) is 9.99. The van der Waals surface area contributed by atoms with Crippen LogP contribution in [0.15, 0.2) is 70.4 Å². The molecule has 0 bridgehead atoms. The largest absolute Gasteiger partial charge is 0.449 e. The fourth-order valence-electron chi connectivity index (χ4n) is 2.97. The second-order valence-corrected chi connectivity index (χ2v) is 8.88. The van der Waals surface area contributed by atoms with Gasteiger partial charge < -0.3 is 14.5 Å². The van der Waals surface area contributed by atoms with E-state index in [1.165, 1.54) is 49.8 Å². The Balaban J connectivity index is 1.39. The van der Waals surface area contributed by atoms with Gasteiger partial charge >= 0.3 is 5.97 Å². The molecular weight excluding hydrogens is 462 g/mol. The van der Waals surface area contributed by atoms with Gasteiger partial charge in [0.05, 0.1) is 10.5 Å². The number of oxazole rings is 1. The van der Waals surface area contributed by atoms with Crippen molar-refractivity contribution in [3.05, 3.63) is 72.4 Å². The predicted molar refractivity (Wildman–Crippen MR) is 122 cm³/mol. The van der Waals surface area contributed by atoms with Crippen molar-refractivity contribution < 1.29 is 27.2 Å². The van der Waals surface area contributed by atoms with Gasteiger partial charge in [-0.15, -0.1) is 0 Å². The second kappa shape index (κ2) is 9.27. The number of amides is 1. The summed E-state index contributed by atoms with van der Waals surface area (Å²) in [5, 5.41) is 2.58. The fourth-order valence-corrected chi connectivity index (χ4v) is 3.92. The number of nitrogens with one attached hydrogen (secondary N) is 2. The number of carbonyl (C=O) groups excluding carboxylic acids is 2. The van der Waals surface area contributed by atoms with E-state index in [0.29, 0.717) is 22.5 Å². The molecule has 34 heavy (non-hydrogen) atoms. The molecule has 0 saturated heterocycles. The molecule has 2 N–H and O–H groups in total. The van der Waals surface area contributed by atoms with E-state index in [1.807, 2.05) is 0 Å². The minimum atomic E-state index is -3.92. The molecule has 1 atom stereocenters. The lowest BCUT2D eigenvalue weighted by molar-refractivity contribution is -0.123. The number of nitrogens with zero attached hydrogens (tertiary/aromatic N) is 3. The molecule has 4 rings (SSSR count). The molecule has 1 unspecified atom stereocenters. The zero-order valence-electron chi connectivity index (χ0n) is 18.1. The first-order valence-corrected chi connectivity index (χ1v) is 11.5. The quantitative estimate of drug-likeness (QED) is 0.379. The summed E-state index contributed by atoms with van der Waals surface area (Å²) >= 11 is 0. The van der Waals surface area contributed by atoms with Gasteiger partial charge in [0.15, 0.2) is 18.1 Å². The van der Waals surface area contributed by atoms with Crippen molar-refractivity contribution in [3.63, 3.8) is 0 Å². The minimum Gasteiger partial charge on any atom is -0.449 e. The van der Waals surface area contributed by atoms with E-state index in [4.69, 9.17) is 9.15 Å². The number of para-hydroxylation sites is 1. The average molecular weight is 481 g/mol. The molecule has 0 spiro atoms. The average Bonchev–Trinajstić information content (AvgIpc) is 3.28. The Bertz CT molecular complexity index is 1470. The van der Waals surface area contributed by atoms with E-state index in [-0.39, 0.29) is 16.4 Å². The lowest BCUT2D eigenvalue weighted by atomic mass is 10.2. The first kappa shape index (κ1) is 22.9. The number of anilines is 2. The Kier molecular flexibility index (Phi) is 6.23. The van der Waals surface area contributed by atoms with E-state index >= 15 is 0 Å². The molecule has 2 aromatic heterocycles. The highest BCUT2D eigenvalue weighted by molar-refractivity contribution is 7.92. The summed E-state index contributed by atoms with van der Waals surface area (Å²) in [6.07, 6.45) is 1.53. The van der Waals surface area contributed by atoms with Crippen LogP contribution in [0.25, 0.3) is 11.1 Å². The van der Waals surface area contributed by atoms with Gasteiger partial charge in [0.25, 0.3) is 15.9 Å². The number of ether oxygens (including phenoxy) is 1. The van der Waals surface area contributed by atoms with E-state index in [9.17, 15) is 18.0 Å². The van der Waals surface area contributed by atoms with E-state index < -0.39 is 28.0 Å². The van der Waals surface area contributed by atoms with Gasteiger partial charge in [0.1, 0.15) is 5.52 Å². The van der Waals surface area contributed by atoms with E-state index in [0.717, 1.165) is 0 Å². The molecule has 12 heteroatoms. The third-order valence-corrected chi connectivity index (χ3v) is 6.03. The molecule has 0 aliphatic carbocycles. The van der Waals surface area contributed by atoms with Gasteiger partial charge in [-0.2, -0.15) is 0 Å². The van der Waals surface area contributed by atoms with Crippen LogP contribution in [0.3, 0.4) is 0 Å². The molecule has 4 aromatic rings. The van der Waals surface area contributed by atoms with Crippen molar-refractivity contribution >= 4 is 44.6 Å². The van der Waals surface area contributed by atoms with Gasteiger partial charge in [0.2, 0.25) is 5.95 Å². The normalized spacial score (nSPS) is 12.2. The summed E-state index contributed by atoms with van der Waals surface area (Å²) in [7, 11) is -3.92. The molecule has 0 saturated carbocycles. The highest BCUT2D eigenvalue weighted by atomic mass is 32.2. The van der Waals surface area contributed by atoms with Gasteiger partial charge in [-0.1, -0.05) is 6.07 Å². The topological polar surface area (TPSA) is 153 Å². The van der Waals surface area contributed by atoms with Crippen molar-refractivity contribution in [2.45, 2.75) is 24.8 Å². The van der Waals surface area contributed by atoms with Gasteiger partial charge in [-0.3, -0.25) is 4.79 Å². The molecule has 174 valence electrons. The molecule has 0 aliphatic rings. The maximum absolute atomic E-state index is 12.5. The number of benzene rings is 2. The summed E-state index contributed by atoms with van der Waals surface area (Å²) < 4.78 is 37.8. The molecule has 0 radical (unpaired) electrons. The van der Waals surface area contributed by atoms with Crippen LogP contribution in [0.4, 0.5) is 11.6 Å². The number of sulfonamides is 1. The minimum absolute atomic E-state index is 0.0456. The van der Waals surface area contributed by atoms with Crippen LogP contribution in [0.2, 0.25) is 0 Å². The van der Waals surface area contributed by atoms with Crippen LogP contribution in [0.1, 0.15) is 23.0 Å². The van der Waals surface area contributed by atoms with Gasteiger partial charge in [0, 0.05) is 17.6 Å². The SMILES string of the molecule is Cc1ccnc(NS(=O)(=O)c2ccc(NC(=O)C(C)OC(=O)c3cccc4ocnc34)cc2)n1. The molecule has 11 nitrogen and oxygen atoms in total. The van der Waals surface area contributed by atoms with E-state index in [1.54, 1.807) is 25.1 Å². The molecule has 2 aromatic carbocycles. The Morgan fingerprint density at radius 1 is 1.06 bits per heavy atom. The summed E-state index contributed by atoms with van der Waals surface area (Å²) in [4.78, 5) is 36.8. The maximum atomic E-state index is 12.5. The maximum Gasteiger partial charge on any atom is 0.341 e. The summed E-state index contributed by atoms with van der Waals surface area (Å²) in [6, 6.07) is 11.9.